The van der Waals surface area contributed by atoms with E-state index in [1.165, 1.54) is 43.5 Å². The van der Waals surface area contributed by atoms with Crippen molar-refractivity contribution in [3.05, 3.63) is 47.5 Å². The number of esters is 1. The van der Waals surface area contributed by atoms with Gasteiger partial charge in [0.15, 0.2) is 25.6 Å². The van der Waals surface area contributed by atoms with Gasteiger partial charge in [-0.1, -0.05) is 0 Å². The molecule has 0 spiro atoms. The summed E-state index contributed by atoms with van der Waals surface area (Å²) in [4.78, 5) is 26.4. The summed E-state index contributed by atoms with van der Waals surface area (Å²) in [6.45, 7) is 3.34. The van der Waals surface area contributed by atoms with Crippen molar-refractivity contribution in [2.75, 3.05) is 20.3 Å². The standard InChI is InChI=1S/C11H13N3O4S.C11H12O5S/c1-6-5-18-8-3-2-7(10(15)14-11(12)13)4-9(8)19(6,16)17;1-7-6-16-9-4-3-8(11(12)15-2)5-10(9)17(7,13)14/h2-4,6H,5H2,1H3,(H4,12,13,14,15);3-5,7H,6H2,1-2H3. The molecule has 2 atom stereocenters. The fourth-order valence-corrected chi connectivity index (χ4v) is 6.04. The first kappa shape index (κ1) is 26.9. The zero-order valence-corrected chi connectivity index (χ0v) is 21.3. The lowest BCUT2D eigenvalue weighted by molar-refractivity contribution is 0.0600. The van der Waals surface area contributed by atoms with Crippen LogP contribution in [0.25, 0.3) is 0 Å². The number of aliphatic imine (C=N–C) groups is 1. The average molecular weight is 540 g/mol. The molecule has 36 heavy (non-hydrogen) atoms. The van der Waals surface area contributed by atoms with Crippen LogP contribution < -0.4 is 20.9 Å². The molecule has 12 nitrogen and oxygen atoms in total. The Kier molecular flexibility index (Phi) is 7.59. The molecule has 2 unspecified atom stereocenters. The van der Waals surface area contributed by atoms with E-state index in [1.54, 1.807) is 13.8 Å². The van der Waals surface area contributed by atoms with E-state index in [0.29, 0.717) is 0 Å². The summed E-state index contributed by atoms with van der Waals surface area (Å²) in [7, 11) is -5.67. The smallest absolute Gasteiger partial charge is 0.337 e. The molecule has 0 saturated carbocycles. The van der Waals surface area contributed by atoms with E-state index in [2.05, 4.69) is 9.73 Å². The van der Waals surface area contributed by atoms with Crippen molar-refractivity contribution in [1.29, 1.82) is 0 Å². The lowest BCUT2D eigenvalue weighted by Gasteiger charge is -2.22. The fourth-order valence-electron chi connectivity index (χ4n) is 3.29. The maximum atomic E-state index is 12.1. The van der Waals surface area contributed by atoms with Crippen LogP contribution in [0.1, 0.15) is 34.6 Å². The SMILES string of the molecule is CC1COc2ccc(C(=O)N=C(N)N)cc2S1(=O)=O.COC(=O)c1ccc2c(c1)S(=O)(=O)C(C)CO2. The molecular weight excluding hydrogens is 514 g/mol. The van der Waals surface area contributed by atoms with Gasteiger partial charge in [-0.15, -0.1) is 0 Å². The third-order valence-electron chi connectivity index (χ3n) is 5.41. The summed E-state index contributed by atoms with van der Waals surface area (Å²) in [5.41, 5.74) is 10.5. The molecule has 0 saturated heterocycles. The van der Waals surface area contributed by atoms with Crippen LogP contribution in [0.3, 0.4) is 0 Å². The number of benzene rings is 2. The number of methoxy groups -OCH3 is 1. The number of rotatable bonds is 2. The Morgan fingerprint density at radius 3 is 1.75 bits per heavy atom. The topological polar surface area (TPSA) is 195 Å². The zero-order valence-electron chi connectivity index (χ0n) is 19.6. The maximum Gasteiger partial charge on any atom is 0.337 e. The summed E-state index contributed by atoms with van der Waals surface area (Å²) >= 11 is 0. The molecule has 0 bridgehead atoms. The summed E-state index contributed by atoms with van der Waals surface area (Å²) in [6.07, 6.45) is 0. The molecular formula is C22H25N3O9S2. The van der Waals surface area contributed by atoms with Crippen LogP contribution in [0, 0.1) is 0 Å². The van der Waals surface area contributed by atoms with Gasteiger partial charge in [0.05, 0.1) is 23.2 Å². The predicted molar refractivity (Wildman–Crippen MR) is 129 cm³/mol. The number of nitrogens with zero attached hydrogens (tertiary/aromatic N) is 1. The summed E-state index contributed by atoms with van der Waals surface area (Å²) in [5, 5.41) is -1.27. The van der Waals surface area contributed by atoms with Crippen molar-refractivity contribution < 1.29 is 40.6 Å². The Morgan fingerprint density at radius 2 is 1.31 bits per heavy atom. The van der Waals surface area contributed by atoms with Gasteiger partial charge in [-0.2, -0.15) is 4.99 Å². The van der Waals surface area contributed by atoms with Crippen molar-refractivity contribution in [3.63, 3.8) is 0 Å². The largest absolute Gasteiger partial charge is 0.491 e. The first-order valence-corrected chi connectivity index (χ1v) is 13.6. The third kappa shape index (κ3) is 5.28. The fraction of sp³-hybridized carbons (Fsp3) is 0.318. The molecule has 2 heterocycles. The van der Waals surface area contributed by atoms with Crippen LogP contribution in [0.4, 0.5) is 0 Å². The van der Waals surface area contributed by atoms with Crippen molar-refractivity contribution in [2.24, 2.45) is 16.5 Å². The second-order valence-corrected chi connectivity index (χ2v) is 12.7. The first-order valence-electron chi connectivity index (χ1n) is 10.5. The van der Waals surface area contributed by atoms with Gasteiger partial charge in [0.2, 0.25) is 0 Å². The number of guanidine groups is 1. The molecule has 2 aliphatic heterocycles. The number of sulfone groups is 2. The molecule has 0 aromatic heterocycles. The van der Waals surface area contributed by atoms with Crippen molar-refractivity contribution in [3.8, 4) is 11.5 Å². The second kappa shape index (κ2) is 10.1. The summed E-state index contributed by atoms with van der Waals surface area (Å²) in [5.74, 6) is -1.12. The van der Waals surface area contributed by atoms with Gasteiger partial charge in [-0.25, -0.2) is 21.6 Å². The molecule has 2 aromatic rings. The van der Waals surface area contributed by atoms with Gasteiger partial charge in [0, 0.05) is 5.56 Å². The predicted octanol–water partition coefficient (Wildman–Crippen LogP) is 0.683. The van der Waals surface area contributed by atoms with Gasteiger partial charge in [0.25, 0.3) is 5.91 Å². The highest BCUT2D eigenvalue weighted by molar-refractivity contribution is 7.92. The van der Waals surface area contributed by atoms with Crippen LogP contribution >= 0.6 is 0 Å². The highest BCUT2D eigenvalue weighted by Crippen LogP contribution is 2.33. The van der Waals surface area contributed by atoms with Gasteiger partial charge < -0.3 is 25.7 Å². The van der Waals surface area contributed by atoms with E-state index >= 15 is 0 Å². The van der Waals surface area contributed by atoms with Gasteiger partial charge in [-0.05, 0) is 50.2 Å². The van der Waals surface area contributed by atoms with E-state index in [0.717, 1.165) is 0 Å². The highest BCUT2D eigenvalue weighted by Gasteiger charge is 2.33. The normalized spacial score (nSPS) is 20.5. The summed E-state index contributed by atoms with van der Waals surface area (Å²) in [6, 6.07) is 8.33. The minimum Gasteiger partial charge on any atom is -0.491 e. The van der Waals surface area contributed by atoms with E-state index in [1.807, 2.05) is 0 Å². The molecule has 14 heteroatoms. The Morgan fingerprint density at radius 1 is 0.861 bits per heavy atom. The lowest BCUT2D eigenvalue weighted by Crippen LogP contribution is -2.30. The summed E-state index contributed by atoms with van der Waals surface area (Å²) < 4.78 is 63.5. The number of hydrogen-bond donors (Lipinski definition) is 2. The quantitative estimate of drug-likeness (QED) is 0.309. The van der Waals surface area contributed by atoms with E-state index in [9.17, 15) is 26.4 Å². The molecule has 2 aliphatic rings. The zero-order chi connectivity index (χ0) is 26.8. The third-order valence-corrected chi connectivity index (χ3v) is 9.66. The average Bonchev–Trinajstić information content (AvgIpc) is 2.83. The van der Waals surface area contributed by atoms with Crippen LogP contribution in [-0.2, 0) is 24.4 Å². The minimum absolute atomic E-state index is 0.0112. The van der Waals surface area contributed by atoms with Crippen LogP contribution in [-0.4, -0.2) is 65.5 Å². The van der Waals surface area contributed by atoms with E-state index in [-0.39, 0.29) is 51.6 Å². The Balaban J connectivity index is 0.000000202. The molecule has 4 rings (SSSR count). The van der Waals surface area contributed by atoms with E-state index < -0.39 is 42.1 Å². The minimum atomic E-state index is -3.49. The molecule has 1 amide bonds. The Bertz CT molecular complexity index is 1450. The van der Waals surface area contributed by atoms with Crippen molar-refractivity contribution >= 4 is 37.5 Å². The molecule has 194 valence electrons. The number of fused-ring (bicyclic) bond motifs is 2. The number of carbonyl (C=O) groups is 2. The molecule has 0 radical (unpaired) electrons. The molecule has 0 fully saturated rings. The molecule has 4 N–H and O–H groups in total. The monoisotopic (exact) mass is 539 g/mol. The molecule has 2 aromatic carbocycles. The number of ether oxygens (including phenoxy) is 3. The first-order chi connectivity index (χ1) is 16.8. The maximum absolute atomic E-state index is 12.1. The van der Waals surface area contributed by atoms with Gasteiger partial charge in [-0.3, -0.25) is 4.79 Å². The number of carbonyl (C=O) groups excluding carboxylic acids is 2. The van der Waals surface area contributed by atoms with Gasteiger partial charge >= 0.3 is 5.97 Å². The number of amides is 1. The van der Waals surface area contributed by atoms with Gasteiger partial charge in [0.1, 0.15) is 34.5 Å². The Labute approximate surface area is 208 Å². The highest BCUT2D eigenvalue weighted by atomic mass is 32.2. The van der Waals surface area contributed by atoms with Crippen molar-refractivity contribution in [2.45, 2.75) is 34.1 Å². The van der Waals surface area contributed by atoms with Crippen LogP contribution in [0.2, 0.25) is 0 Å². The van der Waals surface area contributed by atoms with E-state index in [4.69, 9.17) is 20.9 Å². The van der Waals surface area contributed by atoms with Crippen LogP contribution in [0.5, 0.6) is 11.5 Å². The number of nitrogens with two attached hydrogens (primary N) is 2. The Hall–Kier alpha value is -3.65. The van der Waals surface area contributed by atoms with Crippen molar-refractivity contribution in [1.82, 2.24) is 0 Å². The number of hydrogen-bond acceptors (Lipinski definition) is 9. The second-order valence-electron chi connectivity index (χ2n) is 7.99. The lowest BCUT2D eigenvalue weighted by atomic mass is 10.2. The molecule has 0 aliphatic carbocycles. The van der Waals surface area contributed by atoms with Crippen LogP contribution in [0.15, 0.2) is 51.2 Å².